The SMILES string of the molecule is CC(C)NC1CCCN(c2ccc(Br)cc2)C1. The van der Waals surface area contributed by atoms with Crippen LogP contribution in [0.2, 0.25) is 0 Å². The summed E-state index contributed by atoms with van der Waals surface area (Å²) in [4.78, 5) is 2.48. The molecule has 0 amide bonds. The summed E-state index contributed by atoms with van der Waals surface area (Å²) < 4.78 is 1.15. The van der Waals surface area contributed by atoms with Gasteiger partial charge in [-0.25, -0.2) is 0 Å². The van der Waals surface area contributed by atoms with Crippen molar-refractivity contribution in [1.29, 1.82) is 0 Å². The standard InChI is InChI=1S/C14H21BrN2/c1-11(2)16-13-4-3-9-17(10-13)14-7-5-12(15)6-8-14/h5-8,11,13,16H,3-4,9-10H2,1-2H3. The predicted molar refractivity (Wildman–Crippen MR) is 77.6 cm³/mol. The zero-order valence-corrected chi connectivity index (χ0v) is 12.2. The van der Waals surface area contributed by atoms with Gasteiger partial charge in [0.2, 0.25) is 0 Å². The van der Waals surface area contributed by atoms with E-state index in [-0.39, 0.29) is 0 Å². The van der Waals surface area contributed by atoms with Crippen LogP contribution in [0.4, 0.5) is 5.69 Å². The molecule has 1 fully saturated rings. The number of halogens is 1. The van der Waals surface area contributed by atoms with Crippen LogP contribution in [0, 0.1) is 0 Å². The van der Waals surface area contributed by atoms with Gasteiger partial charge in [0.05, 0.1) is 0 Å². The molecule has 1 N–H and O–H groups in total. The van der Waals surface area contributed by atoms with Crippen molar-refractivity contribution in [1.82, 2.24) is 5.32 Å². The van der Waals surface area contributed by atoms with Gasteiger partial charge in [-0.3, -0.25) is 0 Å². The van der Waals surface area contributed by atoms with Gasteiger partial charge in [-0.05, 0) is 37.1 Å². The molecule has 0 saturated carbocycles. The number of rotatable bonds is 3. The van der Waals surface area contributed by atoms with Crippen molar-refractivity contribution in [3.63, 3.8) is 0 Å². The first-order valence-corrected chi connectivity index (χ1v) is 7.21. The summed E-state index contributed by atoms with van der Waals surface area (Å²) in [5.74, 6) is 0. The Balaban J connectivity index is 1.99. The van der Waals surface area contributed by atoms with Crippen molar-refractivity contribution in [2.45, 2.75) is 38.8 Å². The molecular formula is C14H21BrN2. The summed E-state index contributed by atoms with van der Waals surface area (Å²) in [5, 5.41) is 3.64. The van der Waals surface area contributed by atoms with Gasteiger partial charge in [-0.2, -0.15) is 0 Å². The molecule has 1 unspecified atom stereocenters. The summed E-state index contributed by atoms with van der Waals surface area (Å²) in [7, 11) is 0. The molecule has 1 aromatic carbocycles. The van der Waals surface area contributed by atoms with Gasteiger partial charge in [0.25, 0.3) is 0 Å². The summed E-state index contributed by atoms with van der Waals surface area (Å²) in [6, 6.07) is 9.84. The zero-order chi connectivity index (χ0) is 12.3. The van der Waals surface area contributed by atoms with Gasteiger partial charge in [0, 0.05) is 35.3 Å². The normalized spacial score (nSPS) is 20.9. The lowest BCUT2D eigenvalue weighted by Gasteiger charge is -2.35. The van der Waals surface area contributed by atoms with E-state index in [1.54, 1.807) is 0 Å². The van der Waals surface area contributed by atoms with Crippen molar-refractivity contribution in [2.75, 3.05) is 18.0 Å². The van der Waals surface area contributed by atoms with E-state index >= 15 is 0 Å². The first kappa shape index (κ1) is 12.9. The molecule has 94 valence electrons. The maximum absolute atomic E-state index is 3.64. The highest BCUT2D eigenvalue weighted by molar-refractivity contribution is 9.10. The maximum Gasteiger partial charge on any atom is 0.0367 e. The average molecular weight is 297 g/mol. The van der Waals surface area contributed by atoms with Gasteiger partial charge in [-0.15, -0.1) is 0 Å². The fourth-order valence-corrected chi connectivity index (χ4v) is 2.74. The fourth-order valence-electron chi connectivity index (χ4n) is 2.47. The minimum absolute atomic E-state index is 0.574. The fraction of sp³-hybridized carbons (Fsp3) is 0.571. The van der Waals surface area contributed by atoms with Gasteiger partial charge in [0.1, 0.15) is 0 Å². The number of piperidine rings is 1. The van der Waals surface area contributed by atoms with E-state index in [9.17, 15) is 0 Å². The van der Waals surface area contributed by atoms with E-state index in [2.05, 4.69) is 64.3 Å². The highest BCUT2D eigenvalue weighted by Gasteiger charge is 2.20. The van der Waals surface area contributed by atoms with Crippen LogP contribution >= 0.6 is 15.9 Å². The Hall–Kier alpha value is -0.540. The van der Waals surface area contributed by atoms with Gasteiger partial charge < -0.3 is 10.2 Å². The van der Waals surface area contributed by atoms with Crippen molar-refractivity contribution in [3.8, 4) is 0 Å². The Morgan fingerprint density at radius 2 is 2.00 bits per heavy atom. The van der Waals surface area contributed by atoms with E-state index < -0.39 is 0 Å². The highest BCUT2D eigenvalue weighted by Crippen LogP contribution is 2.22. The number of nitrogens with zero attached hydrogens (tertiary/aromatic N) is 1. The second-order valence-corrected chi connectivity index (χ2v) is 6.00. The van der Waals surface area contributed by atoms with Crippen LogP contribution in [-0.2, 0) is 0 Å². The third kappa shape index (κ3) is 3.71. The highest BCUT2D eigenvalue weighted by atomic mass is 79.9. The molecule has 0 spiro atoms. The monoisotopic (exact) mass is 296 g/mol. The summed E-state index contributed by atoms with van der Waals surface area (Å²) >= 11 is 3.48. The molecule has 0 aliphatic carbocycles. The molecule has 1 saturated heterocycles. The van der Waals surface area contributed by atoms with Gasteiger partial charge in [-0.1, -0.05) is 29.8 Å². The second-order valence-electron chi connectivity index (χ2n) is 5.08. The van der Waals surface area contributed by atoms with Crippen molar-refractivity contribution < 1.29 is 0 Å². The zero-order valence-electron chi connectivity index (χ0n) is 10.6. The molecule has 2 rings (SSSR count). The Bertz CT molecular complexity index is 348. The number of anilines is 1. The number of hydrogen-bond acceptors (Lipinski definition) is 2. The Labute approximate surface area is 113 Å². The first-order chi connectivity index (χ1) is 8.15. The van der Waals surface area contributed by atoms with Crippen LogP contribution in [0.15, 0.2) is 28.7 Å². The molecule has 0 radical (unpaired) electrons. The molecule has 1 heterocycles. The van der Waals surface area contributed by atoms with Gasteiger partial charge >= 0.3 is 0 Å². The molecular weight excluding hydrogens is 276 g/mol. The minimum Gasteiger partial charge on any atom is -0.370 e. The third-order valence-electron chi connectivity index (χ3n) is 3.18. The molecule has 3 heteroatoms. The van der Waals surface area contributed by atoms with Crippen LogP contribution in [0.3, 0.4) is 0 Å². The van der Waals surface area contributed by atoms with Crippen LogP contribution in [0.25, 0.3) is 0 Å². The quantitative estimate of drug-likeness (QED) is 0.919. The molecule has 1 atom stereocenters. The Morgan fingerprint density at radius 1 is 1.29 bits per heavy atom. The smallest absolute Gasteiger partial charge is 0.0367 e. The summed E-state index contributed by atoms with van der Waals surface area (Å²) in [6.45, 7) is 6.74. The van der Waals surface area contributed by atoms with E-state index in [1.165, 1.54) is 25.1 Å². The average Bonchev–Trinajstić information content (AvgIpc) is 2.29. The van der Waals surface area contributed by atoms with Crippen LogP contribution in [0.1, 0.15) is 26.7 Å². The Kier molecular flexibility index (Phi) is 4.46. The third-order valence-corrected chi connectivity index (χ3v) is 3.71. The molecule has 2 nitrogen and oxygen atoms in total. The lowest BCUT2D eigenvalue weighted by molar-refractivity contribution is 0.395. The van der Waals surface area contributed by atoms with Gasteiger partial charge in [0.15, 0.2) is 0 Å². The van der Waals surface area contributed by atoms with E-state index in [1.807, 2.05) is 0 Å². The molecule has 0 aromatic heterocycles. The summed E-state index contributed by atoms with van der Waals surface area (Å²) in [6.07, 6.45) is 2.58. The lowest BCUT2D eigenvalue weighted by atomic mass is 10.0. The first-order valence-electron chi connectivity index (χ1n) is 6.41. The molecule has 1 aliphatic rings. The van der Waals surface area contributed by atoms with E-state index in [4.69, 9.17) is 0 Å². The largest absolute Gasteiger partial charge is 0.370 e. The number of nitrogens with one attached hydrogen (secondary N) is 1. The van der Waals surface area contributed by atoms with Crippen LogP contribution < -0.4 is 10.2 Å². The van der Waals surface area contributed by atoms with E-state index in [0.29, 0.717) is 12.1 Å². The van der Waals surface area contributed by atoms with E-state index in [0.717, 1.165) is 11.0 Å². The van der Waals surface area contributed by atoms with Crippen LogP contribution in [0.5, 0.6) is 0 Å². The molecule has 17 heavy (non-hydrogen) atoms. The lowest BCUT2D eigenvalue weighted by Crippen LogP contribution is -2.47. The van der Waals surface area contributed by atoms with Crippen molar-refractivity contribution in [2.24, 2.45) is 0 Å². The molecule has 1 aliphatic heterocycles. The van der Waals surface area contributed by atoms with Crippen LogP contribution in [-0.4, -0.2) is 25.2 Å². The molecule has 1 aromatic rings. The van der Waals surface area contributed by atoms with Crippen molar-refractivity contribution >= 4 is 21.6 Å². The topological polar surface area (TPSA) is 15.3 Å². The number of benzene rings is 1. The maximum atomic E-state index is 3.64. The number of hydrogen-bond donors (Lipinski definition) is 1. The second kappa shape index (κ2) is 5.87. The molecule has 0 bridgehead atoms. The van der Waals surface area contributed by atoms with Crippen molar-refractivity contribution in [3.05, 3.63) is 28.7 Å². The Morgan fingerprint density at radius 3 is 2.65 bits per heavy atom. The minimum atomic E-state index is 0.574. The predicted octanol–water partition coefficient (Wildman–Crippen LogP) is 3.42. The summed E-state index contributed by atoms with van der Waals surface area (Å²) in [5.41, 5.74) is 1.34.